The lowest BCUT2D eigenvalue weighted by Crippen LogP contribution is -2.24. The highest BCUT2D eigenvalue weighted by molar-refractivity contribution is 5.91. The molecule has 1 aromatic carbocycles. The number of fused-ring (bicyclic) bond motifs is 2. The number of hydrogen-bond donors (Lipinski definition) is 0. The van der Waals surface area contributed by atoms with Crippen LogP contribution in [0.4, 0.5) is 4.39 Å². The van der Waals surface area contributed by atoms with E-state index in [0.717, 1.165) is 42.6 Å². The van der Waals surface area contributed by atoms with E-state index in [1.165, 1.54) is 27.8 Å². The second-order valence-corrected chi connectivity index (χ2v) is 7.02. The zero-order valence-electron chi connectivity index (χ0n) is 14.3. The van der Waals surface area contributed by atoms with Gasteiger partial charge in [-0.1, -0.05) is 6.08 Å². The predicted octanol–water partition coefficient (Wildman–Crippen LogP) is 4.76. The molecule has 0 radical (unpaired) electrons. The Morgan fingerprint density at radius 2 is 1.96 bits per heavy atom. The van der Waals surface area contributed by atoms with E-state index < -0.39 is 0 Å². The third-order valence-electron chi connectivity index (χ3n) is 5.45. The normalized spacial score (nSPS) is 18.3. The summed E-state index contributed by atoms with van der Waals surface area (Å²) >= 11 is 0. The van der Waals surface area contributed by atoms with Crippen LogP contribution in [0.15, 0.2) is 12.1 Å². The van der Waals surface area contributed by atoms with E-state index in [0.29, 0.717) is 6.04 Å². The molecule has 0 saturated heterocycles. The number of aryl methyl sites for hydroxylation is 2. The van der Waals surface area contributed by atoms with Crippen LogP contribution in [0, 0.1) is 12.7 Å². The second-order valence-electron chi connectivity index (χ2n) is 7.02. The van der Waals surface area contributed by atoms with Crippen molar-refractivity contribution in [2.24, 2.45) is 0 Å². The van der Waals surface area contributed by atoms with Crippen LogP contribution in [0.25, 0.3) is 16.6 Å². The summed E-state index contributed by atoms with van der Waals surface area (Å²) in [6.45, 7) is 9.34. The van der Waals surface area contributed by atoms with Crippen molar-refractivity contribution in [2.45, 2.75) is 59.5 Å². The molecular formula is C20H23FN2. The maximum atomic E-state index is 14.3. The molecule has 23 heavy (non-hydrogen) atoms. The van der Waals surface area contributed by atoms with Gasteiger partial charge < -0.3 is 4.90 Å². The van der Waals surface area contributed by atoms with Crippen LogP contribution < -0.4 is 0 Å². The summed E-state index contributed by atoms with van der Waals surface area (Å²) in [6, 6.07) is 2.07. The molecule has 1 aliphatic heterocycles. The van der Waals surface area contributed by atoms with Crippen LogP contribution >= 0.6 is 0 Å². The molecular weight excluding hydrogens is 287 g/mol. The van der Waals surface area contributed by atoms with Crippen molar-refractivity contribution < 1.29 is 4.39 Å². The molecule has 2 nitrogen and oxygen atoms in total. The van der Waals surface area contributed by atoms with E-state index in [9.17, 15) is 4.39 Å². The van der Waals surface area contributed by atoms with Crippen molar-refractivity contribution in [3.05, 3.63) is 45.9 Å². The lowest BCUT2D eigenvalue weighted by Gasteiger charge is -2.24. The first kappa shape index (κ1) is 14.7. The summed E-state index contributed by atoms with van der Waals surface area (Å²) in [5.41, 5.74) is 7.87. The molecule has 4 rings (SSSR count). The lowest BCUT2D eigenvalue weighted by atomic mass is 9.85. The van der Waals surface area contributed by atoms with Gasteiger partial charge in [-0.3, -0.25) is 0 Å². The van der Waals surface area contributed by atoms with Crippen molar-refractivity contribution in [2.75, 3.05) is 0 Å². The Morgan fingerprint density at radius 3 is 2.65 bits per heavy atom. The Bertz CT molecular complexity index is 849. The van der Waals surface area contributed by atoms with E-state index in [2.05, 4.69) is 31.7 Å². The maximum Gasteiger partial charge on any atom is 0.128 e. The highest BCUT2D eigenvalue weighted by Gasteiger charge is 2.32. The number of hydrogen-bond acceptors (Lipinski definition) is 2. The second kappa shape index (κ2) is 5.05. The number of allylic oxidation sites excluding steroid dienone is 1. The largest absolute Gasteiger partial charge is 0.363 e. The third kappa shape index (κ3) is 1.95. The molecule has 0 atom stereocenters. The Hall–Kier alpha value is -1.90. The topological polar surface area (TPSA) is 16.1 Å². The molecule has 0 bridgehead atoms. The molecule has 0 fully saturated rings. The monoisotopic (exact) mass is 310 g/mol. The molecule has 3 heteroatoms. The molecule has 0 amide bonds. The fraction of sp³-hybridized carbons (Fsp3) is 0.450. The van der Waals surface area contributed by atoms with E-state index in [1.807, 2.05) is 6.92 Å². The summed E-state index contributed by atoms with van der Waals surface area (Å²) in [5, 5.41) is 1.23. The average molecular weight is 310 g/mol. The molecule has 0 saturated carbocycles. The van der Waals surface area contributed by atoms with E-state index in [-0.39, 0.29) is 5.82 Å². The first-order valence-corrected chi connectivity index (χ1v) is 8.59. The lowest BCUT2D eigenvalue weighted by molar-refractivity contribution is 0.337. The fourth-order valence-electron chi connectivity index (χ4n) is 4.26. The van der Waals surface area contributed by atoms with Crippen LogP contribution in [0.1, 0.15) is 55.1 Å². The minimum atomic E-state index is -0.117. The van der Waals surface area contributed by atoms with E-state index >= 15 is 0 Å². The Morgan fingerprint density at radius 1 is 1.22 bits per heavy atom. The first-order valence-electron chi connectivity index (χ1n) is 8.59. The van der Waals surface area contributed by atoms with Gasteiger partial charge in [0.2, 0.25) is 0 Å². The molecule has 0 N–H and O–H groups in total. The Balaban J connectivity index is 2.07. The molecule has 2 aromatic rings. The van der Waals surface area contributed by atoms with Crippen molar-refractivity contribution in [3.63, 3.8) is 0 Å². The number of halogens is 1. The first-order chi connectivity index (χ1) is 11.0. The van der Waals surface area contributed by atoms with E-state index in [4.69, 9.17) is 4.98 Å². The van der Waals surface area contributed by atoms with Crippen molar-refractivity contribution >= 4 is 16.6 Å². The highest BCUT2D eigenvalue weighted by Crippen LogP contribution is 2.42. The number of rotatable bonds is 1. The van der Waals surface area contributed by atoms with Gasteiger partial charge in [0, 0.05) is 29.6 Å². The number of pyridine rings is 1. The van der Waals surface area contributed by atoms with Gasteiger partial charge in [-0.2, -0.15) is 0 Å². The molecule has 120 valence electrons. The van der Waals surface area contributed by atoms with Crippen molar-refractivity contribution in [1.82, 2.24) is 9.88 Å². The Labute approximate surface area is 137 Å². The van der Waals surface area contributed by atoms with Gasteiger partial charge >= 0.3 is 0 Å². The SMILES string of the molecule is C/C=C1/c2nc3cc(F)c(C)c4c3c(c2CN1C(C)C)CCC4. The summed E-state index contributed by atoms with van der Waals surface area (Å²) in [6.07, 6.45) is 5.31. The van der Waals surface area contributed by atoms with Crippen LogP contribution in [0.3, 0.4) is 0 Å². The molecule has 0 spiro atoms. The average Bonchev–Trinajstić information content (AvgIpc) is 2.91. The molecule has 0 unspecified atom stereocenters. The summed E-state index contributed by atoms with van der Waals surface area (Å²) < 4.78 is 14.3. The molecule has 2 aliphatic rings. The Kier molecular flexibility index (Phi) is 3.22. The van der Waals surface area contributed by atoms with Crippen LogP contribution in [-0.4, -0.2) is 15.9 Å². The summed E-state index contributed by atoms with van der Waals surface area (Å²) in [7, 11) is 0. The zero-order valence-corrected chi connectivity index (χ0v) is 14.3. The number of aromatic nitrogens is 1. The van der Waals surface area contributed by atoms with Gasteiger partial charge in [-0.05, 0) is 63.6 Å². The maximum absolute atomic E-state index is 14.3. The zero-order chi connectivity index (χ0) is 16.3. The van der Waals surface area contributed by atoms with Gasteiger partial charge in [0.1, 0.15) is 5.82 Å². The third-order valence-corrected chi connectivity index (χ3v) is 5.45. The fourth-order valence-corrected chi connectivity index (χ4v) is 4.26. The van der Waals surface area contributed by atoms with Gasteiger partial charge in [0.15, 0.2) is 0 Å². The van der Waals surface area contributed by atoms with Crippen LogP contribution in [-0.2, 0) is 19.4 Å². The standard InChI is InChI=1S/C20H23FN2/c1-5-18-20-15(10-23(18)11(2)3)14-8-6-7-13-12(4)16(21)9-17(22-20)19(13)14/h5,9,11H,6-8,10H2,1-4H3/b18-5-. The van der Waals surface area contributed by atoms with Gasteiger partial charge in [0.25, 0.3) is 0 Å². The summed E-state index contributed by atoms with van der Waals surface area (Å²) in [4.78, 5) is 7.30. The van der Waals surface area contributed by atoms with Crippen LogP contribution in [0.2, 0.25) is 0 Å². The molecule has 1 aromatic heterocycles. The van der Waals surface area contributed by atoms with Gasteiger partial charge in [-0.15, -0.1) is 0 Å². The smallest absolute Gasteiger partial charge is 0.128 e. The van der Waals surface area contributed by atoms with Crippen LogP contribution in [0.5, 0.6) is 0 Å². The van der Waals surface area contributed by atoms with Crippen molar-refractivity contribution in [1.29, 1.82) is 0 Å². The number of nitrogens with zero attached hydrogens (tertiary/aromatic N) is 2. The quantitative estimate of drug-likeness (QED) is 0.755. The minimum absolute atomic E-state index is 0.117. The number of benzene rings is 1. The predicted molar refractivity (Wildman–Crippen MR) is 92.8 cm³/mol. The minimum Gasteiger partial charge on any atom is -0.363 e. The molecule has 1 aliphatic carbocycles. The summed E-state index contributed by atoms with van der Waals surface area (Å²) in [5.74, 6) is -0.117. The molecule has 2 heterocycles. The van der Waals surface area contributed by atoms with Crippen molar-refractivity contribution in [3.8, 4) is 0 Å². The van der Waals surface area contributed by atoms with Gasteiger partial charge in [0.05, 0.1) is 16.9 Å². The highest BCUT2D eigenvalue weighted by atomic mass is 19.1. The van der Waals surface area contributed by atoms with Gasteiger partial charge in [-0.25, -0.2) is 9.37 Å². The van der Waals surface area contributed by atoms with E-state index in [1.54, 1.807) is 6.07 Å².